The zero-order chi connectivity index (χ0) is 19.7. The van der Waals surface area contributed by atoms with Gasteiger partial charge in [-0.1, -0.05) is 0 Å². The Balaban J connectivity index is 2.04. The number of aromatic hydroxyl groups is 2. The van der Waals surface area contributed by atoms with Crippen molar-refractivity contribution >= 4 is 52.2 Å². The number of urea groups is 1. The van der Waals surface area contributed by atoms with Gasteiger partial charge in [0.15, 0.2) is 11.5 Å². The third-order valence-electron chi connectivity index (χ3n) is 3.79. The van der Waals surface area contributed by atoms with Crippen molar-refractivity contribution in [3.05, 3.63) is 51.1 Å². The number of carbonyl (C=O) groups excluding carboxylic acids is 3. The maximum atomic E-state index is 12.8. The van der Waals surface area contributed by atoms with E-state index in [9.17, 15) is 24.6 Å². The van der Waals surface area contributed by atoms with Crippen LogP contribution in [0.1, 0.15) is 5.56 Å². The van der Waals surface area contributed by atoms with Gasteiger partial charge in [-0.05, 0) is 70.6 Å². The van der Waals surface area contributed by atoms with Crippen molar-refractivity contribution in [1.82, 2.24) is 5.32 Å². The maximum Gasteiger partial charge on any atom is 0.335 e. The summed E-state index contributed by atoms with van der Waals surface area (Å²) in [5.74, 6) is -1.54. The number of hydrogen-bond acceptors (Lipinski definition) is 6. The largest absolute Gasteiger partial charge is 0.508 e. The predicted octanol–water partition coefficient (Wildman–Crippen LogP) is 2.38. The predicted molar refractivity (Wildman–Crippen MR) is 104 cm³/mol. The highest BCUT2D eigenvalue weighted by molar-refractivity contribution is 14.1. The van der Waals surface area contributed by atoms with Crippen molar-refractivity contribution in [2.75, 3.05) is 12.0 Å². The fourth-order valence-corrected chi connectivity index (χ4v) is 3.12. The van der Waals surface area contributed by atoms with Gasteiger partial charge in [0.05, 0.1) is 16.4 Å². The highest BCUT2D eigenvalue weighted by Crippen LogP contribution is 2.33. The normalized spacial score (nSPS) is 15.9. The standard InChI is InChI=1S/C18H13IN2O6/c1-27-14-8-9(7-13(19)15(14)23)6-12-16(24)20-18(26)21(17(12)25)10-2-4-11(22)5-3-10/h2-8,22-23H,1H3,(H,20,24,26)/b12-6+. The number of barbiturate groups is 1. The zero-order valence-corrected chi connectivity index (χ0v) is 16.1. The van der Waals surface area contributed by atoms with Gasteiger partial charge in [-0.25, -0.2) is 9.69 Å². The number of amides is 4. The quantitative estimate of drug-likeness (QED) is 0.353. The molecule has 138 valence electrons. The Hall–Kier alpha value is -3.08. The van der Waals surface area contributed by atoms with E-state index in [4.69, 9.17) is 4.74 Å². The molecular weight excluding hydrogens is 467 g/mol. The van der Waals surface area contributed by atoms with Crippen LogP contribution in [0.25, 0.3) is 6.08 Å². The Labute approximate surface area is 167 Å². The number of hydrogen-bond donors (Lipinski definition) is 3. The molecule has 2 aromatic rings. The van der Waals surface area contributed by atoms with Gasteiger partial charge in [0.2, 0.25) is 0 Å². The number of halogens is 1. The first-order chi connectivity index (χ1) is 12.8. The van der Waals surface area contributed by atoms with Gasteiger partial charge >= 0.3 is 6.03 Å². The van der Waals surface area contributed by atoms with E-state index in [0.29, 0.717) is 9.13 Å². The molecule has 9 heteroatoms. The molecule has 0 unspecified atom stereocenters. The van der Waals surface area contributed by atoms with Crippen LogP contribution >= 0.6 is 22.6 Å². The fourth-order valence-electron chi connectivity index (χ4n) is 2.49. The second-order valence-electron chi connectivity index (χ2n) is 5.53. The molecule has 1 aliphatic rings. The van der Waals surface area contributed by atoms with Crippen molar-refractivity contribution in [2.24, 2.45) is 0 Å². The second-order valence-corrected chi connectivity index (χ2v) is 6.69. The number of anilines is 1. The first-order valence-corrected chi connectivity index (χ1v) is 8.66. The molecule has 1 saturated heterocycles. The monoisotopic (exact) mass is 480 g/mol. The van der Waals surface area contributed by atoms with Gasteiger partial charge in [-0.3, -0.25) is 14.9 Å². The zero-order valence-electron chi connectivity index (χ0n) is 13.9. The number of ether oxygens (including phenoxy) is 1. The van der Waals surface area contributed by atoms with E-state index in [1.807, 2.05) is 22.6 Å². The van der Waals surface area contributed by atoms with Crippen molar-refractivity contribution in [1.29, 1.82) is 0 Å². The number of imide groups is 2. The number of nitrogens with one attached hydrogen (secondary N) is 1. The lowest BCUT2D eigenvalue weighted by Crippen LogP contribution is -2.54. The van der Waals surface area contributed by atoms with Crippen LogP contribution in [-0.4, -0.2) is 35.2 Å². The number of benzene rings is 2. The highest BCUT2D eigenvalue weighted by atomic mass is 127. The third-order valence-corrected chi connectivity index (χ3v) is 4.61. The van der Waals surface area contributed by atoms with Crippen molar-refractivity contribution in [3.63, 3.8) is 0 Å². The van der Waals surface area contributed by atoms with Crippen molar-refractivity contribution in [2.45, 2.75) is 0 Å². The first kappa shape index (κ1) is 18.7. The number of carbonyl (C=O) groups is 3. The van der Waals surface area contributed by atoms with E-state index < -0.39 is 17.8 Å². The SMILES string of the molecule is COc1cc(/C=C2\C(=O)NC(=O)N(c3ccc(O)cc3)C2=O)cc(I)c1O. The number of phenols is 2. The van der Waals surface area contributed by atoms with Crippen LogP contribution in [0.15, 0.2) is 42.0 Å². The van der Waals surface area contributed by atoms with Gasteiger partial charge in [-0.2, -0.15) is 0 Å². The Morgan fingerprint density at radius 1 is 1.11 bits per heavy atom. The molecule has 3 rings (SSSR count). The van der Waals surface area contributed by atoms with E-state index in [-0.39, 0.29) is 28.5 Å². The molecule has 1 aliphatic heterocycles. The maximum absolute atomic E-state index is 12.8. The summed E-state index contributed by atoms with van der Waals surface area (Å²) in [6.45, 7) is 0. The average Bonchev–Trinajstić information content (AvgIpc) is 2.62. The second kappa shape index (κ2) is 7.27. The number of rotatable bonds is 3. The summed E-state index contributed by atoms with van der Waals surface area (Å²) in [5.41, 5.74) is 0.380. The molecule has 2 aromatic carbocycles. The van der Waals surface area contributed by atoms with Crippen LogP contribution in [0.4, 0.5) is 10.5 Å². The van der Waals surface area contributed by atoms with Gasteiger partial charge in [-0.15, -0.1) is 0 Å². The van der Waals surface area contributed by atoms with Crippen molar-refractivity contribution in [3.8, 4) is 17.2 Å². The Morgan fingerprint density at radius 2 is 1.78 bits per heavy atom. The lowest BCUT2D eigenvalue weighted by atomic mass is 10.1. The summed E-state index contributed by atoms with van der Waals surface area (Å²) in [5, 5.41) is 21.4. The number of methoxy groups -OCH3 is 1. The minimum atomic E-state index is -0.884. The van der Waals surface area contributed by atoms with Crippen LogP contribution < -0.4 is 15.0 Å². The molecule has 8 nitrogen and oxygen atoms in total. The van der Waals surface area contributed by atoms with E-state index in [0.717, 1.165) is 4.90 Å². The Bertz CT molecular complexity index is 984. The average molecular weight is 480 g/mol. The molecule has 1 heterocycles. The van der Waals surface area contributed by atoms with Gasteiger partial charge in [0, 0.05) is 0 Å². The summed E-state index contributed by atoms with van der Waals surface area (Å²) in [7, 11) is 1.38. The minimum Gasteiger partial charge on any atom is -0.508 e. The Morgan fingerprint density at radius 3 is 2.41 bits per heavy atom. The summed E-state index contributed by atoms with van der Waals surface area (Å²) >= 11 is 1.89. The highest BCUT2D eigenvalue weighted by Gasteiger charge is 2.36. The first-order valence-electron chi connectivity index (χ1n) is 7.59. The molecule has 27 heavy (non-hydrogen) atoms. The molecule has 4 amide bonds. The fraction of sp³-hybridized carbons (Fsp3) is 0.0556. The summed E-state index contributed by atoms with van der Waals surface area (Å²) in [4.78, 5) is 37.9. The molecule has 0 spiro atoms. The Kier molecular flexibility index (Phi) is 5.04. The molecule has 0 bridgehead atoms. The van der Waals surface area contributed by atoms with Gasteiger partial charge < -0.3 is 14.9 Å². The van der Waals surface area contributed by atoms with Gasteiger partial charge in [0.1, 0.15) is 11.3 Å². The summed E-state index contributed by atoms with van der Waals surface area (Å²) < 4.78 is 5.54. The van der Waals surface area contributed by atoms with Crippen LogP contribution in [0.3, 0.4) is 0 Å². The van der Waals surface area contributed by atoms with E-state index in [1.54, 1.807) is 6.07 Å². The van der Waals surface area contributed by atoms with Crippen LogP contribution in [-0.2, 0) is 9.59 Å². The molecule has 0 radical (unpaired) electrons. The summed E-state index contributed by atoms with van der Waals surface area (Å²) in [6.07, 6.45) is 1.31. The molecule has 0 atom stereocenters. The smallest absolute Gasteiger partial charge is 0.335 e. The molecule has 3 N–H and O–H groups in total. The van der Waals surface area contributed by atoms with Crippen LogP contribution in [0, 0.1) is 3.57 Å². The van der Waals surface area contributed by atoms with E-state index >= 15 is 0 Å². The molecular formula is C18H13IN2O6. The van der Waals surface area contributed by atoms with E-state index in [1.165, 1.54) is 43.5 Å². The molecule has 0 saturated carbocycles. The number of phenolic OH excluding ortho intramolecular Hbond substituents is 2. The topological polar surface area (TPSA) is 116 Å². The van der Waals surface area contributed by atoms with Crippen molar-refractivity contribution < 1.29 is 29.3 Å². The van der Waals surface area contributed by atoms with E-state index in [2.05, 4.69) is 5.32 Å². The van der Waals surface area contributed by atoms with Crippen LogP contribution in [0.2, 0.25) is 0 Å². The minimum absolute atomic E-state index is 0.0266. The molecule has 0 aromatic heterocycles. The lowest BCUT2D eigenvalue weighted by molar-refractivity contribution is -0.122. The third kappa shape index (κ3) is 3.58. The number of nitrogens with zero attached hydrogens (tertiary/aromatic N) is 1. The molecule has 0 aliphatic carbocycles. The lowest BCUT2D eigenvalue weighted by Gasteiger charge is -2.26. The summed E-state index contributed by atoms with van der Waals surface area (Å²) in [6, 6.07) is 7.55. The van der Waals surface area contributed by atoms with Crippen LogP contribution in [0.5, 0.6) is 17.2 Å². The van der Waals surface area contributed by atoms with Gasteiger partial charge in [0.25, 0.3) is 11.8 Å². The molecule has 1 fully saturated rings.